The number of ether oxygens (including phenoxy) is 14. The van der Waals surface area contributed by atoms with Crippen LogP contribution in [0.15, 0.2) is 0 Å². The molecule has 4 heterocycles. The summed E-state index contributed by atoms with van der Waals surface area (Å²) in [4.78, 5) is 167. The molecule has 48 nitrogen and oxygen atoms in total. The third-order valence-corrected chi connectivity index (χ3v) is 19.6. The number of hydroxylamine groups is 2. The third-order valence-electron chi connectivity index (χ3n) is 19.6. The van der Waals surface area contributed by atoms with Crippen LogP contribution in [0.5, 0.6) is 0 Å². The molecule has 4 aliphatic heterocycles. The van der Waals surface area contributed by atoms with Crippen LogP contribution in [-0.2, 0) is 133 Å². The fourth-order valence-electron chi connectivity index (χ4n) is 12.8. The second-order valence-electron chi connectivity index (χ2n) is 30.3. The number of aliphatic hydroxyl groups is 9. The molecular formula is C79H137N11O37. The molecule has 4 saturated heterocycles. The summed E-state index contributed by atoms with van der Waals surface area (Å²) in [6.45, 7) is 3.04. The molecule has 0 bridgehead atoms. The molecule has 15 atom stereocenters. The molecule has 0 aliphatic carbocycles. The highest BCUT2D eigenvalue weighted by Gasteiger charge is 2.48. The molecular weight excluding hydrogens is 1690 g/mol. The van der Waals surface area contributed by atoms with Gasteiger partial charge in [-0.15, -0.1) is 5.06 Å². The summed E-state index contributed by atoms with van der Waals surface area (Å²) in [6, 6.07) is -3.33. The summed E-state index contributed by atoms with van der Waals surface area (Å²) in [5.74, 6) is -6.07. The molecule has 127 heavy (non-hydrogen) atoms. The first-order valence-electron chi connectivity index (χ1n) is 43.1. The number of hydrogen-bond acceptors (Lipinski definition) is 37. The van der Waals surface area contributed by atoms with Gasteiger partial charge in [0.25, 0.3) is 11.8 Å². The topological polar surface area (TPSA) is 666 Å². The van der Waals surface area contributed by atoms with E-state index in [-0.39, 0.29) is 247 Å². The van der Waals surface area contributed by atoms with Crippen LogP contribution < -0.4 is 53.2 Å². The van der Waals surface area contributed by atoms with Gasteiger partial charge in [-0.05, 0) is 57.8 Å². The smallest absolute Gasteiger partial charge is 0.335 e. The molecule has 0 aromatic carbocycles. The maximum Gasteiger partial charge on any atom is 0.335 e. The predicted octanol–water partition coefficient (Wildman–Crippen LogP) is -8.21. The largest absolute Gasteiger partial charge is 0.394 e. The highest BCUT2D eigenvalue weighted by atomic mass is 16.7. The van der Waals surface area contributed by atoms with Crippen molar-refractivity contribution in [3.05, 3.63) is 0 Å². The Morgan fingerprint density at radius 3 is 0.874 bits per heavy atom. The van der Waals surface area contributed by atoms with E-state index >= 15 is 0 Å². The summed E-state index contributed by atoms with van der Waals surface area (Å²) >= 11 is 0. The first-order valence-corrected chi connectivity index (χ1v) is 43.1. The second-order valence-corrected chi connectivity index (χ2v) is 30.3. The van der Waals surface area contributed by atoms with Gasteiger partial charge < -0.3 is 170 Å². The van der Waals surface area contributed by atoms with Crippen molar-refractivity contribution in [2.24, 2.45) is 0 Å². The van der Waals surface area contributed by atoms with Gasteiger partial charge in [-0.25, -0.2) is 4.79 Å². The zero-order valence-corrected chi connectivity index (χ0v) is 72.8. The summed E-state index contributed by atoms with van der Waals surface area (Å²) in [5.41, 5.74) is -1.53. The lowest BCUT2D eigenvalue weighted by Gasteiger charge is -2.42. The Bertz CT molecular complexity index is 2970. The number of imide groups is 1. The van der Waals surface area contributed by atoms with Crippen molar-refractivity contribution in [3.8, 4) is 0 Å². The van der Waals surface area contributed by atoms with E-state index in [4.69, 9.17) is 71.2 Å². The van der Waals surface area contributed by atoms with Crippen LogP contribution in [0.3, 0.4) is 0 Å². The van der Waals surface area contributed by atoms with Gasteiger partial charge in [0.1, 0.15) is 78.6 Å². The van der Waals surface area contributed by atoms with E-state index in [1.54, 1.807) is 0 Å². The molecule has 730 valence electrons. The average molecular weight is 1830 g/mol. The van der Waals surface area contributed by atoms with E-state index in [9.17, 15) is 108 Å². The summed E-state index contributed by atoms with van der Waals surface area (Å²) in [6.07, 6.45) is -13.0. The van der Waals surface area contributed by atoms with E-state index in [1.165, 1.54) is 20.8 Å². The van der Waals surface area contributed by atoms with E-state index in [1.807, 2.05) is 0 Å². The second kappa shape index (κ2) is 65.9. The number of rotatable bonds is 71. The molecule has 19 N–H and O–H groups in total. The normalized spacial score (nSPS) is 23.0. The van der Waals surface area contributed by atoms with Gasteiger partial charge >= 0.3 is 5.97 Å². The van der Waals surface area contributed by atoms with Crippen molar-refractivity contribution in [1.29, 1.82) is 0 Å². The molecule has 48 heteroatoms. The molecule has 4 aliphatic rings. The van der Waals surface area contributed by atoms with Gasteiger partial charge in [-0.3, -0.25) is 57.5 Å². The first-order chi connectivity index (χ1) is 61.0. The standard InChI is InChI=1S/C79H137N11O37/c1-51(94)86-67-73(110)70(107)54(45-91)124-76(67)121-29-7-4-13-57(97)80-23-10-26-83-60(100)18-33-118-48-79(89-63(103)21-32-113-37-39-115-41-43-117-44-42-116-40-38-114-36-22-66(106)127-90-64(104)16-17-65(90)105,49-119-34-19-61(101)84-27-11-24-81-58(98)14-5-8-30-122-77-68(87-52(2)95)74(111)71(108)55(46-92)125-77)50-120-35-20-62(102)85-28-12-25-82-59(99)15-6-9-31-123-78-69(88-53(3)96)75(112)72(109)56(47-93)126-78/h54-56,67-78,91-93,107-112H,4-50H2,1-3H3,(H,80,97)(H,81,98)(H,82,99)(H,83,100)(H,84,101)(H,85,102)(H,86,94)(H,87,95)(H,88,96)(H,89,103)/t54-,55-,56-,67-,68-,69-,70+,71+,72+,73-,74-,75-,76-,77-,78-/m1/s1. The van der Waals surface area contributed by atoms with Gasteiger partial charge in [0.15, 0.2) is 18.9 Å². The molecule has 0 spiro atoms. The Labute approximate surface area is 736 Å². The van der Waals surface area contributed by atoms with Crippen molar-refractivity contribution in [1.82, 2.24) is 58.2 Å². The van der Waals surface area contributed by atoms with Gasteiger partial charge in [0.2, 0.25) is 59.1 Å². The number of aliphatic hydroxyl groups excluding tert-OH is 9. The van der Waals surface area contributed by atoms with E-state index < -0.39 is 176 Å². The lowest BCUT2D eigenvalue weighted by Crippen LogP contribution is -2.64. The number of carbonyl (C=O) groups is 13. The minimum atomic E-state index is -1.53. The average Bonchev–Trinajstić information content (AvgIpc) is 1.62. The van der Waals surface area contributed by atoms with Crippen LogP contribution in [0.1, 0.15) is 143 Å². The van der Waals surface area contributed by atoms with Crippen molar-refractivity contribution < 1.29 is 179 Å². The lowest BCUT2D eigenvalue weighted by atomic mass is 9.97. The molecule has 0 unspecified atom stereocenters. The fraction of sp³-hybridized carbons (Fsp3) is 0.835. The van der Waals surface area contributed by atoms with Gasteiger partial charge in [-0.2, -0.15) is 0 Å². The van der Waals surface area contributed by atoms with Gasteiger partial charge in [0, 0.05) is 138 Å². The number of nitrogens with zero attached hydrogens (tertiary/aromatic N) is 1. The lowest BCUT2D eigenvalue weighted by molar-refractivity contribution is -0.270. The summed E-state index contributed by atoms with van der Waals surface area (Å²) in [5, 5.41) is 119. The Hall–Kier alpha value is -7.61. The maximum absolute atomic E-state index is 13.9. The molecule has 4 fully saturated rings. The summed E-state index contributed by atoms with van der Waals surface area (Å²) in [7, 11) is 0. The molecule has 0 radical (unpaired) electrons. The van der Waals surface area contributed by atoms with Gasteiger partial charge in [-0.1, -0.05) is 0 Å². The predicted molar refractivity (Wildman–Crippen MR) is 435 cm³/mol. The Morgan fingerprint density at radius 2 is 0.591 bits per heavy atom. The fourth-order valence-corrected chi connectivity index (χ4v) is 12.8. The van der Waals surface area contributed by atoms with Crippen LogP contribution in [0.25, 0.3) is 0 Å². The first kappa shape index (κ1) is 112. The van der Waals surface area contributed by atoms with E-state index in [0.717, 1.165) is 0 Å². The molecule has 0 saturated carbocycles. The zero-order chi connectivity index (χ0) is 93.2. The number of unbranched alkanes of at least 4 members (excludes halogenated alkanes) is 3. The number of amides is 12. The summed E-state index contributed by atoms with van der Waals surface area (Å²) < 4.78 is 79.7. The van der Waals surface area contributed by atoms with Crippen molar-refractivity contribution in [2.45, 2.75) is 240 Å². The minimum absolute atomic E-state index is 0.0128. The SMILES string of the molecule is CC(=O)N[C@H]1[C@H](OCCCCC(=O)NCCCNC(=O)CCOCC(COCCC(=O)NCCCNC(=O)CCCCO[C@@H]2O[C@H](CO)[C@H](O)[C@H](O)[C@H]2NC(C)=O)(COCCC(=O)NCCCNC(=O)CCCCO[C@@H]2O[C@H](CO)[C@H](O)[C@H](O)[C@H]2NC(C)=O)NC(=O)CCOCCOCCOCCOCCOCCC(=O)ON2C(=O)CCC2=O)O[C@H](CO)[C@H](O)[C@@H]1O. The highest BCUT2D eigenvalue weighted by molar-refractivity contribution is 6.01. The third kappa shape index (κ3) is 47.2. The van der Waals surface area contributed by atoms with Crippen LogP contribution in [0.4, 0.5) is 0 Å². The van der Waals surface area contributed by atoms with E-state index in [0.29, 0.717) is 62.9 Å². The van der Waals surface area contributed by atoms with Crippen LogP contribution >= 0.6 is 0 Å². The maximum atomic E-state index is 13.9. The van der Waals surface area contributed by atoms with Crippen molar-refractivity contribution in [2.75, 3.05) is 185 Å². The molecule has 12 amide bonds. The van der Waals surface area contributed by atoms with Crippen LogP contribution in [0, 0.1) is 0 Å². The van der Waals surface area contributed by atoms with Crippen molar-refractivity contribution >= 4 is 76.9 Å². The minimum Gasteiger partial charge on any atom is -0.394 e. The Kier molecular flexibility index (Phi) is 57.9. The van der Waals surface area contributed by atoms with E-state index in [2.05, 4.69) is 53.2 Å². The number of carbonyl (C=O) groups excluding carboxylic acids is 13. The van der Waals surface area contributed by atoms with Gasteiger partial charge in [0.05, 0.1) is 132 Å². The highest BCUT2D eigenvalue weighted by Crippen LogP contribution is 2.26. The quantitative estimate of drug-likeness (QED) is 0.0199. The molecule has 4 rings (SSSR count). The number of nitrogens with one attached hydrogen (secondary N) is 10. The molecule has 0 aromatic rings. The van der Waals surface area contributed by atoms with Crippen LogP contribution in [-0.4, -0.2) is 410 Å². The number of hydrogen-bond donors (Lipinski definition) is 19. The van der Waals surface area contributed by atoms with Crippen LogP contribution in [0.2, 0.25) is 0 Å². The monoisotopic (exact) mass is 1830 g/mol. The van der Waals surface area contributed by atoms with Crippen molar-refractivity contribution in [3.63, 3.8) is 0 Å². The molecule has 0 aromatic heterocycles. The Morgan fingerprint density at radius 1 is 0.331 bits per heavy atom. The zero-order valence-electron chi connectivity index (χ0n) is 72.8. The Balaban J connectivity index is 1.28.